The highest BCUT2D eigenvalue weighted by atomic mass is 32.1. The monoisotopic (exact) mass is 277 g/mol. The normalized spacial score (nSPS) is 10.1. The van der Waals surface area contributed by atoms with Crippen LogP contribution in [0.4, 0.5) is 5.69 Å². The molecule has 2 aromatic rings. The molecular weight excluding hydrogens is 262 g/mol. The Morgan fingerprint density at radius 3 is 3.00 bits per heavy atom. The lowest BCUT2D eigenvalue weighted by Gasteiger charge is -2.12. The highest BCUT2D eigenvalue weighted by Gasteiger charge is 2.04. The molecule has 0 fully saturated rings. The molecule has 3 N–H and O–H groups in total. The number of aromatic nitrogens is 1. The number of hydrogen-bond donors (Lipinski definition) is 2. The smallest absolute Gasteiger partial charge is 0.220 e. The molecule has 0 spiro atoms. The summed E-state index contributed by atoms with van der Waals surface area (Å²) in [5.74, 6) is 0.350. The summed E-state index contributed by atoms with van der Waals surface area (Å²) < 4.78 is 5.54. The predicted molar refractivity (Wildman–Crippen MR) is 75.2 cm³/mol. The Morgan fingerprint density at radius 2 is 2.26 bits per heavy atom. The summed E-state index contributed by atoms with van der Waals surface area (Å²) in [4.78, 5) is 15.8. The molecule has 0 bridgehead atoms. The van der Waals surface area contributed by atoms with Gasteiger partial charge in [-0.15, -0.1) is 11.3 Å². The predicted octanol–water partition coefficient (Wildman–Crippen LogP) is 2.01. The van der Waals surface area contributed by atoms with E-state index < -0.39 is 0 Å². The van der Waals surface area contributed by atoms with Crippen molar-refractivity contribution in [3.63, 3.8) is 0 Å². The number of nitrogens with two attached hydrogens (primary N) is 1. The molecule has 1 aromatic heterocycles. The Balaban J connectivity index is 1.93. The van der Waals surface area contributed by atoms with E-state index in [2.05, 4.69) is 10.3 Å². The van der Waals surface area contributed by atoms with Crippen molar-refractivity contribution in [3.8, 4) is 5.75 Å². The van der Waals surface area contributed by atoms with Crippen molar-refractivity contribution in [2.24, 2.45) is 5.73 Å². The number of hydrogen-bond acceptors (Lipinski definition) is 5. The summed E-state index contributed by atoms with van der Waals surface area (Å²) in [5, 5.41) is 3.28. The van der Waals surface area contributed by atoms with Crippen LogP contribution >= 0.6 is 11.3 Å². The van der Waals surface area contributed by atoms with Gasteiger partial charge >= 0.3 is 0 Å². The first-order valence-corrected chi connectivity index (χ1v) is 6.75. The van der Waals surface area contributed by atoms with Crippen LogP contribution in [0.3, 0.4) is 0 Å². The van der Waals surface area contributed by atoms with Crippen LogP contribution in [0.15, 0.2) is 36.0 Å². The van der Waals surface area contributed by atoms with E-state index in [4.69, 9.17) is 10.5 Å². The summed E-state index contributed by atoms with van der Waals surface area (Å²) >= 11 is 1.59. The molecule has 0 unspecified atom stereocenters. The number of thiazole rings is 1. The van der Waals surface area contributed by atoms with Crippen molar-refractivity contribution in [2.45, 2.75) is 13.0 Å². The fourth-order valence-electron chi connectivity index (χ4n) is 1.51. The SMILES string of the molecule is NC(=O)CCOc1ccccc1NCc1cncs1. The molecule has 0 saturated heterocycles. The lowest BCUT2D eigenvalue weighted by Crippen LogP contribution is -2.15. The van der Waals surface area contributed by atoms with E-state index >= 15 is 0 Å². The molecule has 1 heterocycles. The van der Waals surface area contributed by atoms with Gasteiger partial charge in [-0.05, 0) is 12.1 Å². The highest BCUT2D eigenvalue weighted by Crippen LogP contribution is 2.24. The Labute approximate surface area is 115 Å². The number of carbonyl (C=O) groups is 1. The molecule has 100 valence electrons. The lowest BCUT2D eigenvalue weighted by molar-refractivity contribution is -0.118. The van der Waals surface area contributed by atoms with Crippen LogP contribution in [0.2, 0.25) is 0 Å². The van der Waals surface area contributed by atoms with Gasteiger partial charge in [-0.2, -0.15) is 0 Å². The molecule has 0 radical (unpaired) electrons. The molecule has 0 aliphatic carbocycles. The summed E-state index contributed by atoms with van der Waals surface area (Å²) in [7, 11) is 0. The van der Waals surface area contributed by atoms with Gasteiger partial charge in [-0.1, -0.05) is 12.1 Å². The fraction of sp³-hybridized carbons (Fsp3) is 0.231. The van der Waals surface area contributed by atoms with Gasteiger partial charge in [0, 0.05) is 11.1 Å². The molecule has 19 heavy (non-hydrogen) atoms. The Bertz CT molecular complexity index is 528. The molecule has 0 saturated carbocycles. The van der Waals surface area contributed by atoms with Crippen molar-refractivity contribution in [1.29, 1.82) is 0 Å². The molecule has 5 nitrogen and oxygen atoms in total. The summed E-state index contributed by atoms with van der Waals surface area (Å²) in [6.45, 7) is 0.982. The third-order valence-electron chi connectivity index (χ3n) is 2.43. The molecule has 0 aliphatic heterocycles. The van der Waals surface area contributed by atoms with E-state index in [1.54, 1.807) is 16.8 Å². The largest absolute Gasteiger partial charge is 0.491 e. The van der Waals surface area contributed by atoms with Crippen molar-refractivity contribution in [3.05, 3.63) is 40.8 Å². The van der Waals surface area contributed by atoms with Crippen molar-refractivity contribution < 1.29 is 9.53 Å². The minimum absolute atomic E-state index is 0.211. The van der Waals surface area contributed by atoms with Crippen molar-refractivity contribution >= 4 is 22.9 Å². The van der Waals surface area contributed by atoms with E-state index in [1.807, 2.05) is 30.5 Å². The van der Waals surface area contributed by atoms with E-state index in [0.717, 1.165) is 10.6 Å². The van der Waals surface area contributed by atoms with Crippen molar-refractivity contribution in [2.75, 3.05) is 11.9 Å². The van der Waals surface area contributed by atoms with Gasteiger partial charge in [0.1, 0.15) is 5.75 Å². The van der Waals surface area contributed by atoms with Crippen LogP contribution in [-0.2, 0) is 11.3 Å². The van der Waals surface area contributed by atoms with Crippen LogP contribution in [0.1, 0.15) is 11.3 Å². The first-order valence-electron chi connectivity index (χ1n) is 5.87. The zero-order chi connectivity index (χ0) is 13.5. The number of amides is 1. The van der Waals surface area contributed by atoms with E-state index in [1.165, 1.54) is 0 Å². The molecule has 0 atom stereocenters. The number of nitrogens with one attached hydrogen (secondary N) is 1. The van der Waals surface area contributed by atoms with Gasteiger partial charge in [-0.25, -0.2) is 0 Å². The second-order valence-corrected chi connectivity index (χ2v) is 4.85. The number of benzene rings is 1. The van der Waals surface area contributed by atoms with Gasteiger partial charge in [0.05, 0.1) is 30.8 Å². The number of nitrogens with zero attached hydrogens (tertiary/aromatic N) is 1. The van der Waals surface area contributed by atoms with Crippen LogP contribution in [-0.4, -0.2) is 17.5 Å². The quantitative estimate of drug-likeness (QED) is 0.811. The Hall–Kier alpha value is -2.08. The van der Waals surface area contributed by atoms with Gasteiger partial charge in [0.15, 0.2) is 0 Å². The minimum atomic E-state index is -0.366. The standard InChI is InChI=1S/C13H15N3O2S/c14-13(17)5-6-18-12-4-2-1-3-11(12)16-8-10-7-15-9-19-10/h1-4,7,9,16H,5-6,8H2,(H2,14,17). The van der Waals surface area contributed by atoms with Crippen LogP contribution in [0.25, 0.3) is 0 Å². The van der Waals surface area contributed by atoms with E-state index in [-0.39, 0.29) is 18.9 Å². The molecule has 1 amide bonds. The first kappa shape index (κ1) is 13.4. The first-order chi connectivity index (χ1) is 9.25. The number of anilines is 1. The maximum Gasteiger partial charge on any atom is 0.220 e. The fourth-order valence-corrected chi connectivity index (χ4v) is 2.05. The average molecular weight is 277 g/mol. The summed E-state index contributed by atoms with van der Waals surface area (Å²) in [6, 6.07) is 7.60. The summed E-state index contributed by atoms with van der Waals surface area (Å²) in [5.41, 5.74) is 7.76. The molecular formula is C13H15N3O2S. The van der Waals surface area contributed by atoms with Crippen molar-refractivity contribution in [1.82, 2.24) is 4.98 Å². The number of para-hydroxylation sites is 2. The lowest BCUT2D eigenvalue weighted by atomic mass is 10.3. The molecule has 1 aromatic carbocycles. The second kappa shape index (κ2) is 6.75. The van der Waals surface area contributed by atoms with Crippen LogP contribution in [0, 0.1) is 0 Å². The molecule has 0 aliphatic rings. The van der Waals surface area contributed by atoms with Crippen LogP contribution in [0.5, 0.6) is 5.75 Å². The van der Waals surface area contributed by atoms with Gasteiger partial charge in [-0.3, -0.25) is 9.78 Å². The van der Waals surface area contributed by atoms with Gasteiger partial charge in [0.25, 0.3) is 0 Å². The Kier molecular flexibility index (Phi) is 4.74. The number of rotatable bonds is 7. The Morgan fingerprint density at radius 1 is 1.42 bits per heavy atom. The maximum absolute atomic E-state index is 10.7. The third kappa shape index (κ3) is 4.26. The van der Waals surface area contributed by atoms with Crippen LogP contribution < -0.4 is 15.8 Å². The zero-order valence-corrected chi connectivity index (χ0v) is 11.2. The highest BCUT2D eigenvalue weighted by molar-refractivity contribution is 7.09. The van der Waals surface area contributed by atoms with E-state index in [9.17, 15) is 4.79 Å². The minimum Gasteiger partial charge on any atom is -0.491 e. The number of ether oxygens (including phenoxy) is 1. The number of primary amides is 1. The molecule has 2 rings (SSSR count). The van der Waals surface area contributed by atoms with Gasteiger partial charge in [0.2, 0.25) is 5.91 Å². The molecule has 6 heteroatoms. The maximum atomic E-state index is 10.7. The average Bonchev–Trinajstić information content (AvgIpc) is 2.90. The number of carbonyl (C=O) groups excluding carboxylic acids is 1. The van der Waals surface area contributed by atoms with E-state index in [0.29, 0.717) is 12.3 Å². The summed E-state index contributed by atoms with van der Waals surface area (Å²) in [6.07, 6.45) is 2.04. The zero-order valence-electron chi connectivity index (χ0n) is 10.3. The topological polar surface area (TPSA) is 77.2 Å². The third-order valence-corrected chi connectivity index (χ3v) is 3.21. The van der Waals surface area contributed by atoms with Gasteiger partial charge < -0.3 is 15.8 Å². The second-order valence-electron chi connectivity index (χ2n) is 3.88.